The van der Waals surface area contributed by atoms with Gasteiger partial charge in [0.15, 0.2) is 0 Å². The molecular weight excluding hydrogens is 346 g/mol. The first-order valence-electron chi connectivity index (χ1n) is 8.45. The van der Waals surface area contributed by atoms with Gasteiger partial charge < -0.3 is 9.64 Å². The number of hydrogen-bond acceptors (Lipinski definition) is 5. The molecule has 6 heteroatoms. The van der Waals surface area contributed by atoms with E-state index in [-0.39, 0.29) is 5.91 Å². The van der Waals surface area contributed by atoms with Crippen LogP contribution < -0.4 is 4.74 Å². The lowest BCUT2D eigenvalue weighted by molar-refractivity contribution is -0.131. The summed E-state index contributed by atoms with van der Waals surface area (Å²) in [5.74, 6) is 0.870. The Morgan fingerprint density at radius 2 is 1.81 bits per heavy atom. The van der Waals surface area contributed by atoms with Crippen LogP contribution in [0.25, 0.3) is 10.2 Å². The molecule has 2 aromatic carbocycles. The molecule has 0 bridgehead atoms. The fraction of sp³-hybridized carbons (Fsp3) is 0.300. The molecule has 0 N–H and O–H groups in total. The van der Waals surface area contributed by atoms with Gasteiger partial charge in [0.25, 0.3) is 0 Å². The Morgan fingerprint density at radius 1 is 1.08 bits per heavy atom. The van der Waals surface area contributed by atoms with Gasteiger partial charge in [0, 0.05) is 19.2 Å². The quantitative estimate of drug-likeness (QED) is 0.640. The van der Waals surface area contributed by atoms with Crippen LogP contribution >= 0.6 is 11.3 Å². The molecule has 1 aromatic heterocycles. The second-order valence-electron chi connectivity index (χ2n) is 6.31. The van der Waals surface area contributed by atoms with E-state index >= 15 is 0 Å². The number of nitrogens with zero attached hydrogens (tertiary/aromatic N) is 3. The first-order chi connectivity index (χ1) is 12.6. The van der Waals surface area contributed by atoms with E-state index in [4.69, 9.17) is 4.74 Å². The van der Waals surface area contributed by atoms with Crippen molar-refractivity contribution in [2.75, 3.05) is 27.7 Å². The average molecular weight is 369 g/mol. The van der Waals surface area contributed by atoms with E-state index in [0.717, 1.165) is 21.8 Å². The van der Waals surface area contributed by atoms with E-state index in [1.807, 2.05) is 61.5 Å². The highest BCUT2D eigenvalue weighted by atomic mass is 32.1. The van der Waals surface area contributed by atoms with Gasteiger partial charge >= 0.3 is 0 Å². The van der Waals surface area contributed by atoms with Crippen LogP contribution in [0.2, 0.25) is 0 Å². The number of likely N-dealkylation sites (N-methyl/N-ethyl adjacent to an activating group) is 2. The van der Waals surface area contributed by atoms with Crippen molar-refractivity contribution in [2.24, 2.45) is 0 Å². The van der Waals surface area contributed by atoms with Gasteiger partial charge in [-0.1, -0.05) is 30.3 Å². The monoisotopic (exact) mass is 369 g/mol. The minimum atomic E-state index is 0.0690. The number of aromatic nitrogens is 1. The molecule has 0 aliphatic heterocycles. The lowest BCUT2D eigenvalue weighted by Gasteiger charge is -2.22. The zero-order valence-electron chi connectivity index (χ0n) is 15.3. The highest BCUT2D eigenvalue weighted by Gasteiger charge is 2.15. The van der Waals surface area contributed by atoms with E-state index < -0.39 is 0 Å². The predicted octanol–water partition coefficient (Wildman–Crippen LogP) is 3.40. The molecule has 0 fully saturated rings. The number of carbonyl (C=O) groups is 1. The normalized spacial score (nSPS) is 11.1. The molecule has 0 aliphatic carbocycles. The fourth-order valence-corrected chi connectivity index (χ4v) is 3.85. The van der Waals surface area contributed by atoms with E-state index in [1.165, 1.54) is 4.70 Å². The maximum absolute atomic E-state index is 12.5. The van der Waals surface area contributed by atoms with Crippen molar-refractivity contribution in [2.45, 2.75) is 13.1 Å². The lowest BCUT2D eigenvalue weighted by atomic mass is 10.2. The number of thiazole rings is 1. The maximum atomic E-state index is 12.5. The summed E-state index contributed by atoms with van der Waals surface area (Å²) in [6, 6.07) is 15.9. The van der Waals surface area contributed by atoms with Crippen LogP contribution in [-0.2, 0) is 17.9 Å². The summed E-state index contributed by atoms with van der Waals surface area (Å²) in [4.78, 5) is 20.9. The third-order valence-corrected chi connectivity index (χ3v) is 5.20. The summed E-state index contributed by atoms with van der Waals surface area (Å²) < 4.78 is 6.54. The number of hydrogen-bond donors (Lipinski definition) is 0. The van der Waals surface area contributed by atoms with Gasteiger partial charge in [0.1, 0.15) is 10.8 Å². The van der Waals surface area contributed by atoms with Gasteiger partial charge in [-0.3, -0.25) is 9.69 Å². The van der Waals surface area contributed by atoms with Crippen LogP contribution in [0.4, 0.5) is 0 Å². The molecule has 26 heavy (non-hydrogen) atoms. The van der Waals surface area contributed by atoms with Gasteiger partial charge in [0.2, 0.25) is 5.91 Å². The van der Waals surface area contributed by atoms with E-state index in [9.17, 15) is 4.79 Å². The first-order valence-corrected chi connectivity index (χ1v) is 9.27. The standard InChI is InChI=1S/C20H23N3O2S/c1-22(13-19-21-16-9-5-7-11-18(16)26-19)14-20(24)23(2)12-15-8-4-6-10-17(15)25-3/h4-11H,12-14H2,1-3H3. The Morgan fingerprint density at radius 3 is 2.58 bits per heavy atom. The Bertz CT molecular complexity index is 860. The average Bonchev–Trinajstić information content (AvgIpc) is 3.04. The molecule has 0 saturated carbocycles. The maximum Gasteiger partial charge on any atom is 0.236 e. The molecule has 1 amide bonds. The van der Waals surface area contributed by atoms with E-state index in [2.05, 4.69) is 11.1 Å². The number of carbonyl (C=O) groups excluding carboxylic acids is 1. The number of rotatable bonds is 7. The van der Waals surface area contributed by atoms with Crippen LogP contribution in [0.15, 0.2) is 48.5 Å². The van der Waals surface area contributed by atoms with Crippen LogP contribution in [0.5, 0.6) is 5.75 Å². The predicted molar refractivity (Wildman–Crippen MR) is 105 cm³/mol. The zero-order chi connectivity index (χ0) is 18.5. The second-order valence-corrected chi connectivity index (χ2v) is 7.42. The van der Waals surface area contributed by atoms with Gasteiger partial charge in [-0.25, -0.2) is 4.98 Å². The number of methoxy groups -OCH3 is 1. The third kappa shape index (κ3) is 4.39. The third-order valence-electron chi connectivity index (χ3n) is 4.17. The molecule has 0 radical (unpaired) electrons. The Balaban J connectivity index is 1.57. The largest absolute Gasteiger partial charge is 0.496 e. The van der Waals surface area contributed by atoms with Crippen molar-refractivity contribution in [3.63, 3.8) is 0 Å². The molecule has 5 nitrogen and oxygen atoms in total. The number of ether oxygens (including phenoxy) is 1. The summed E-state index contributed by atoms with van der Waals surface area (Å²) in [5, 5.41) is 1.02. The molecule has 0 saturated heterocycles. The van der Waals surface area contributed by atoms with Crippen LogP contribution in [0, 0.1) is 0 Å². The minimum absolute atomic E-state index is 0.0690. The molecule has 0 atom stereocenters. The number of benzene rings is 2. The highest BCUT2D eigenvalue weighted by Crippen LogP contribution is 2.22. The Kier molecular flexibility index (Phi) is 5.85. The molecule has 1 heterocycles. The Labute approximate surface area is 157 Å². The summed E-state index contributed by atoms with van der Waals surface area (Å²) in [6.07, 6.45) is 0. The SMILES string of the molecule is COc1ccccc1CN(C)C(=O)CN(C)Cc1nc2ccccc2s1. The van der Waals surface area contributed by atoms with Crippen LogP contribution in [0.1, 0.15) is 10.6 Å². The summed E-state index contributed by atoms with van der Waals surface area (Å²) >= 11 is 1.67. The van der Waals surface area contributed by atoms with Crippen LogP contribution in [-0.4, -0.2) is 48.4 Å². The molecule has 0 spiro atoms. The van der Waals surface area contributed by atoms with Gasteiger partial charge in [-0.05, 0) is 25.2 Å². The molecule has 0 unspecified atom stereocenters. The van der Waals surface area contributed by atoms with E-state index in [0.29, 0.717) is 19.6 Å². The van der Waals surface area contributed by atoms with Gasteiger partial charge in [0.05, 0.1) is 30.4 Å². The molecule has 3 aromatic rings. The van der Waals surface area contributed by atoms with Crippen molar-refractivity contribution in [3.8, 4) is 5.75 Å². The van der Waals surface area contributed by atoms with Crippen molar-refractivity contribution >= 4 is 27.5 Å². The second kappa shape index (κ2) is 8.29. The zero-order valence-corrected chi connectivity index (χ0v) is 16.1. The number of amides is 1. The number of fused-ring (bicyclic) bond motifs is 1. The molecule has 136 valence electrons. The van der Waals surface area contributed by atoms with Gasteiger partial charge in [-0.2, -0.15) is 0 Å². The minimum Gasteiger partial charge on any atom is -0.496 e. The van der Waals surface area contributed by atoms with Crippen molar-refractivity contribution in [3.05, 3.63) is 59.1 Å². The summed E-state index contributed by atoms with van der Waals surface area (Å²) in [6.45, 7) is 1.53. The van der Waals surface area contributed by atoms with Crippen molar-refractivity contribution in [1.82, 2.24) is 14.8 Å². The number of para-hydroxylation sites is 2. The molecular formula is C20H23N3O2S. The molecule has 3 rings (SSSR count). The van der Waals surface area contributed by atoms with Crippen LogP contribution in [0.3, 0.4) is 0 Å². The van der Waals surface area contributed by atoms with Crippen molar-refractivity contribution < 1.29 is 9.53 Å². The highest BCUT2D eigenvalue weighted by molar-refractivity contribution is 7.18. The van der Waals surface area contributed by atoms with Crippen molar-refractivity contribution in [1.29, 1.82) is 0 Å². The summed E-state index contributed by atoms with van der Waals surface area (Å²) in [5.41, 5.74) is 2.01. The van der Waals surface area contributed by atoms with Gasteiger partial charge in [-0.15, -0.1) is 11.3 Å². The Hall–Kier alpha value is -2.44. The fourth-order valence-electron chi connectivity index (χ4n) is 2.80. The lowest BCUT2D eigenvalue weighted by Crippen LogP contribution is -2.36. The first kappa shape index (κ1) is 18.4. The molecule has 0 aliphatic rings. The summed E-state index contributed by atoms with van der Waals surface area (Å²) in [7, 11) is 5.41. The topological polar surface area (TPSA) is 45.7 Å². The smallest absolute Gasteiger partial charge is 0.236 e. The van der Waals surface area contributed by atoms with E-state index in [1.54, 1.807) is 23.3 Å².